The maximum Gasteiger partial charge on any atom is 0.228 e. The molecule has 0 aliphatic carbocycles. The number of methoxy groups -OCH3 is 1. The van der Waals surface area contributed by atoms with E-state index in [1.165, 1.54) is 5.57 Å². The first kappa shape index (κ1) is 19.9. The zero-order valence-electron chi connectivity index (χ0n) is 16.5. The fourth-order valence-electron chi connectivity index (χ4n) is 4.47. The van der Waals surface area contributed by atoms with Crippen LogP contribution in [0.1, 0.15) is 24.8 Å². The van der Waals surface area contributed by atoms with Gasteiger partial charge in [-0.15, -0.1) is 0 Å². The van der Waals surface area contributed by atoms with Crippen molar-refractivity contribution >= 4 is 27.2 Å². The Balaban J connectivity index is 1.37. The normalized spacial score (nSPS) is 26.5. The summed E-state index contributed by atoms with van der Waals surface area (Å²) in [5.74, 6) is 0.487. The Morgan fingerprint density at radius 3 is 2.55 bits per heavy atom. The number of likely N-dealkylation sites (tertiary alicyclic amines) is 1. The van der Waals surface area contributed by atoms with E-state index in [1.54, 1.807) is 16.9 Å². The fraction of sp³-hybridized carbons (Fsp3) is 0.524. The second-order valence-electron chi connectivity index (χ2n) is 8.00. The van der Waals surface area contributed by atoms with Crippen LogP contribution in [0.2, 0.25) is 0 Å². The number of ether oxygens (including phenoxy) is 1. The van der Waals surface area contributed by atoms with E-state index in [0.29, 0.717) is 26.1 Å². The molecule has 0 radical (unpaired) electrons. The minimum atomic E-state index is -3.06. The second kappa shape index (κ2) is 7.82. The minimum Gasteiger partial charge on any atom is -0.497 e. The highest BCUT2D eigenvalue weighted by atomic mass is 32.2. The number of rotatable bonds is 4. The molecule has 0 bridgehead atoms. The van der Waals surface area contributed by atoms with E-state index in [0.717, 1.165) is 17.7 Å². The molecular formula is C21H26N2O5S. The Kier molecular flexibility index (Phi) is 5.38. The van der Waals surface area contributed by atoms with E-state index < -0.39 is 9.84 Å². The molecule has 156 valence electrons. The van der Waals surface area contributed by atoms with Crippen LogP contribution >= 0.6 is 0 Å². The van der Waals surface area contributed by atoms with Crippen molar-refractivity contribution in [1.29, 1.82) is 0 Å². The summed E-state index contributed by atoms with van der Waals surface area (Å²) in [6.45, 7) is 1.49. The summed E-state index contributed by atoms with van der Waals surface area (Å²) in [4.78, 5) is 28.8. The number of nitrogens with zero attached hydrogens (tertiary/aromatic N) is 2. The van der Waals surface area contributed by atoms with Gasteiger partial charge in [0, 0.05) is 32.1 Å². The molecule has 3 heterocycles. The van der Waals surface area contributed by atoms with Crippen molar-refractivity contribution in [3.05, 3.63) is 35.9 Å². The lowest BCUT2D eigenvalue weighted by atomic mass is 9.98. The van der Waals surface area contributed by atoms with Crippen molar-refractivity contribution < 1.29 is 22.7 Å². The summed E-state index contributed by atoms with van der Waals surface area (Å²) in [6.07, 6.45) is 3.50. The summed E-state index contributed by atoms with van der Waals surface area (Å²) in [5.41, 5.74) is 2.33. The van der Waals surface area contributed by atoms with Crippen molar-refractivity contribution in [3.8, 4) is 5.75 Å². The Labute approximate surface area is 171 Å². The number of benzene rings is 1. The highest BCUT2D eigenvalue weighted by Gasteiger charge is 2.42. The molecule has 0 saturated carbocycles. The predicted molar refractivity (Wildman–Crippen MR) is 109 cm³/mol. The zero-order valence-corrected chi connectivity index (χ0v) is 17.4. The van der Waals surface area contributed by atoms with Gasteiger partial charge in [0.25, 0.3) is 0 Å². The molecule has 3 aliphatic heterocycles. The van der Waals surface area contributed by atoms with Crippen LogP contribution in [0.5, 0.6) is 5.75 Å². The van der Waals surface area contributed by atoms with Gasteiger partial charge >= 0.3 is 0 Å². The Bertz CT molecular complexity index is 938. The SMILES string of the molecule is COc1ccc(C2=CCN(C(=O)C3CC(=O)N(C4CCS(=O)(=O)C4)C3)CC2)cc1. The Hall–Kier alpha value is -2.35. The van der Waals surface area contributed by atoms with Gasteiger partial charge in [-0.2, -0.15) is 0 Å². The van der Waals surface area contributed by atoms with E-state index in [4.69, 9.17) is 4.74 Å². The largest absolute Gasteiger partial charge is 0.497 e. The first-order valence-electron chi connectivity index (χ1n) is 9.98. The summed E-state index contributed by atoms with van der Waals surface area (Å²) >= 11 is 0. The van der Waals surface area contributed by atoms with Crippen LogP contribution in [0.15, 0.2) is 30.3 Å². The van der Waals surface area contributed by atoms with Gasteiger partial charge in [0.1, 0.15) is 5.75 Å². The van der Waals surface area contributed by atoms with Crippen molar-refractivity contribution in [1.82, 2.24) is 9.80 Å². The molecule has 0 spiro atoms. The number of sulfone groups is 1. The van der Waals surface area contributed by atoms with E-state index in [-0.39, 0.29) is 41.7 Å². The lowest BCUT2D eigenvalue weighted by Gasteiger charge is -2.29. The third kappa shape index (κ3) is 4.17. The Morgan fingerprint density at radius 2 is 1.97 bits per heavy atom. The van der Waals surface area contributed by atoms with Crippen LogP contribution < -0.4 is 4.74 Å². The van der Waals surface area contributed by atoms with E-state index in [1.807, 2.05) is 24.3 Å². The molecule has 8 heteroatoms. The topological polar surface area (TPSA) is 84.0 Å². The zero-order chi connectivity index (χ0) is 20.6. The molecule has 2 fully saturated rings. The van der Waals surface area contributed by atoms with Gasteiger partial charge in [0.05, 0.1) is 24.5 Å². The van der Waals surface area contributed by atoms with Crippen LogP contribution in [0.4, 0.5) is 0 Å². The number of hydrogen-bond donors (Lipinski definition) is 0. The van der Waals surface area contributed by atoms with Gasteiger partial charge in [0.15, 0.2) is 9.84 Å². The van der Waals surface area contributed by atoms with Gasteiger partial charge in [0.2, 0.25) is 11.8 Å². The highest BCUT2D eigenvalue weighted by molar-refractivity contribution is 7.91. The van der Waals surface area contributed by atoms with Crippen LogP contribution in [0.3, 0.4) is 0 Å². The van der Waals surface area contributed by atoms with Crippen LogP contribution in [0, 0.1) is 5.92 Å². The third-order valence-electron chi connectivity index (χ3n) is 6.14. The van der Waals surface area contributed by atoms with Crippen molar-refractivity contribution in [2.24, 2.45) is 5.92 Å². The maximum atomic E-state index is 12.9. The molecule has 2 amide bonds. The first-order chi connectivity index (χ1) is 13.9. The fourth-order valence-corrected chi connectivity index (χ4v) is 6.20. The Morgan fingerprint density at radius 1 is 1.21 bits per heavy atom. The number of carbonyl (C=O) groups is 2. The van der Waals surface area contributed by atoms with Crippen LogP contribution in [0.25, 0.3) is 5.57 Å². The molecule has 7 nitrogen and oxygen atoms in total. The first-order valence-corrected chi connectivity index (χ1v) is 11.8. The molecule has 2 atom stereocenters. The number of carbonyl (C=O) groups excluding carboxylic acids is 2. The number of hydrogen-bond acceptors (Lipinski definition) is 5. The quantitative estimate of drug-likeness (QED) is 0.737. The van der Waals surface area contributed by atoms with Gasteiger partial charge in [-0.05, 0) is 36.1 Å². The average Bonchev–Trinajstić information content (AvgIpc) is 3.29. The molecule has 29 heavy (non-hydrogen) atoms. The predicted octanol–water partition coefficient (Wildman–Crippen LogP) is 1.35. The average molecular weight is 419 g/mol. The van der Waals surface area contributed by atoms with Gasteiger partial charge in [-0.1, -0.05) is 18.2 Å². The molecule has 0 N–H and O–H groups in total. The monoisotopic (exact) mass is 418 g/mol. The molecular weight excluding hydrogens is 392 g/mol. The molecule has 2 saturated heterocycles. The summed E-state index contributed by atoms with van der Waals surface area (Å²) < 4.78 is 28.6. The van der Waals surface area contributed by atoms with Crippen LogP contribution in [-0.2, 0) is 19.4 Å². The molecule has 0 aromatic heterocycles. The third-order valence-corrected chi connectivity index (χ3v) is 7.89. The molecule has 3 aliphatic rings. The highest BCUT2D eigenvalue weighted by Crippen LogP contribution is 2.29. The van der Waals surface area contributed by atoms with E-state index >= 15 is 0 Å². The summed E-state index contributed by atoms with van der Waals surface area (Å²) in [6, 6.07) is 7.62. The summed E-state index contributed by atoms with van der Waals surface area (Å²) in [7, 11) is -1.42. The van der Waals surface area contributed by atoms with Gasteiger partial charge in [-0.3, -0.25) is 9.59 Å². The van der Waals surface area contributed by atoms with E-state index in [9.17, 15) is 18.0 Å². The van der Waals surface area contributed by atoms with Gasteiger partial charge in [-0.25, -0.2) is 8.42 Å². The van der Waals surface area contributed by atoms with Crippen molar-refractivity contribution in [2.45, 2.75) is 25.3 Å². The molecule has 1 aromatic carbocycles. The van der Waals surface area contributed by atoms with Crippen molar-refractivity contribution in [2.75, 3.05) is 38.2 Å². The lowest BCUT2D eigenvalue weighted by Crippen LogP contribution is -2.41. The van der Waals surface area contributed by atoms with E-state index in [2.05, 4.69) is 6.08 Å². The maximum absolute atomic E-state index is 12.9. The smallest absolute Gasteiger partial charge is 0.228 e. The molecule has 2 unspecified atom stereocenters. The lowest BCUT2D eigenvalue weighted by molar-refractivity contribution is -0.135. The standard InChI is InChI=1S/C21H26N2O5S/c1-28-19-4-2-15(3-5-19)16-6-9-22(10-7-16)21(25)17-12-20(24)23(13-17)18-8-11-29(26,27)14-18/h2-6,17-18H,7-14H2,1H3. The van der Waals surface area contributed by atoms with Crippen molar-refractivity contribution in [3.63, 3.8) is 0 Å². The molecule has 1 aromatic rings. The van der Waals surface area contributed by atoms with Gasteiger partial charge < -0.3 is 14.5 Å². The number of amides is 2. The second-order valence-corrected chi connectivity index (χ2v) is 10.2. The van der Waals surface area contributed by atoms with Crippen LogP contribution in [-0.4, -0.2) is 74.3 Å². The summed E-state index contributed by atoms with van der Waals surface area (Å²) in [5, 5.41) is 0. The minimum absolute atomic E-state index is 0.00765. The molecule has 4 rings (SSSR count).